The van der Waals surface area contributed by atoms with Crippen molar-refractivity contribution < 1.29 is 9.53 Å². The van der Waals surface area contributed by atoms with Gasteiger partial charge in [-0.3, -0.25) is 4.79 Å². The highest BCUT2D eigenvalue weighted by molar-refractivity contribution is 8.03. The summed E-state index contributed by atoms with van der Waals surface area (Å²) in [7, 11) is 1.54. The Morgan fingerprint density at radius 3 is 2.88 bits per heavy atom. The lowest BCUT2D eigenvalue weighted by atomic mass is 9.99. The number of carbonyl (C=O) groups is 1. The van der Waals surface area contributed by atoms with E-state index in [0.717, 1.165) is 0 Å². The van der Waals surface area contributed by atoms with E-state index in [9.17, 15) is 4.79 Å². The van der Waals surface area contributed by atoms with Gasteiger partial charge in [0.15, 0.2) is 5.78 Å². The second kappa shape index (κ2) is 4.67. The first-order valence-corrected chi connectivity index (χ1v) is 5.78. The van der Waals surface area contributed by atoms with Crippen molar-refractivity contribution >= 4 is 17.5 Å². The first kappa shape index (κ1) is 11.2. The molecule has 84 valence electrons. The summed E-state index contributed by atoms with van der Waals surface area (Å²) in [5.74, 6) is 0.251. The molecule has 0 amide bonds. The van der Waals surface area contributed by atoms with Crippen LogP contribution in [0.15, 0.2) is 29.8 Å². The van der Waals surface area contributed by atoms with Crippen molar-refractivity contribution in [2.45, 2.75) is 5.37 Å². The first-order valence-electron chi connectivity index (χ1n) is 4.84. The fraction of sp³-hybridized carbons (Fsp3) is 0.273. The van der Waals surface area contributed by atoms with Gasteiger partial charge in [-0.25, -0.2) is 4.98 Å². The Morgan fingerprint density at radius 2 is 2.38 bits per heavy atom. The van der Waals surface area contributed by atoms with E-state index in [1.54, 1.807) is 12.1 Å². The predicted octanol–water partition coefficient (Wildman–Crippen LogP) is 1.43. The number of aromatic nitrogens is 1. The van der Waals surface area contributed by atoms with Gasteiger partial charge in [0.25, 0.3) is 0 Å². The van der Waals surface area contributed by atoms with Crippen molar-refractivity contribution in [2.24, 2.45) is 11.7 Å². The van der Waals surface area contributed by atoms with Gasteiger partial charge in [-0.05, 0) is 11.5 Å². The van der Waals surface area contributed by atoms with E-state index in [4.69, 9.17) is 10.5 Å². The maximum atomic E-state index is 12.0. The van der Waals surface area contributed by atoms with Gasteiger partial charge in [-0.15, -0.1) is 11.8 Å². The van der Waals surface area contributed by atoms with E-state index in [1.165, 1.54) is 25.1 Å². The monoisotopic (exact) mass is 236 g/mol. The third kappa shape index (κ3) is 2.10. The lowest BCUT2D eigenvalue weighted by molar-refractivity contribution is 0.0945. The van der Waals surface area contributed by atoms with Crippen LogP contribution in [0.1, 0.15) is 10.4 Å². The number of Topliss-reactive ketones (excluding diaryl/α,β-unsaturated/α-hetero) is 1. The quantitative estimate of drug-likeness (QED) is 0.804. The van der Waals surface area contributed by atoms with Crippen molar-refractivity contribution in [1.29, 1.82) is 0 Å². The normalized spacial score (nSPS) is 23.4. The lowest BCUT2D eigenvalue weighted by Gasteiger charge is -2.12. The molecule has 5 heteroatoms. The van der Waals surface area contributed by atoms with E-state index < -0.39 is 0 Å². The molecular weight excluding hydrogens is 224 g/mol. The van der Waals surface area contributed by atoms with Crippen LogP contribution in [0, 0.1) is 5.92 Å². The molecule has 0 aromatic carbocycles. The lowest BCUT2D eigenvalue weighted by Crippen LogP contribution is -2.28. The standard InChI is InChI=1S/C11H12N2O2S/c1-15-9-3-2-7(6-13-9)10(14)8-4-5-16-11(8)12/h2-6,8,11H,12H2,1H3. The molecule has 0 saturated heterocycles. The van der Waals surface area contributed by atoms with E-state index in [1.807, 2.05) is 11.5 Å². The molecule has 2 atom stereocenters. The SMILES string of the molecule is COc1ccc(C(=O)C2C=CSC2N)cn1. The van der Waals surface area contributed by atoms with Gasteiger partial charge in [-0.2, -0.15) is 0 Å². The third-order valence-electron chi connectivity index (χ3n) is 2.41. The molecule has 0 spiro atoms. The van der Waals surface area contributed by atoms with Gasteiger partial charge in [0, 0.05) is 17.8 Å². The van der Waals surface area contributed by atoms with Crippen LogP contribution in [0.2, 0.25) is 0 Å². The Morgan fingerprint density at radius 1 is 1.56 bits per heavy atom. The van der Waals surface area contributed by atoms with Crippen molar-refractivity contribution in [2.75, 3.05) is 7.11 Å². The summed E-state index contributed by atoms with van der Waals surface area (Å²) < 4.78 is 4.93. The molecule has 1 aromatic rings. The van der Waals surface area contributed by atoms with Crippen LogP contribution in [0.5, 0.6) is 5.88 Å². The summed E-state index contributed by atoms with van der Waals surface area (Å²) in [6.07, 6.45) is 3.35. The Labute approximate surface area is 97.9 Å². The number of hydrogen-bond donors (Lipinski definition) is 1. The van der Waals surface area contributed by atoms with Crippen molar-refractivity contribution in [3.63, 3.8) is 0 Å². The largest absolute Gasteiger partial charge is 0.481 e. The summed E-state index contributed by atoms with van der Waals surface area (Å²) in [4.78, 5) is 16.0. The second-order valence-corrected chi connectivity index (χ2v) is 4.50. The molecule has 1 aliphatic rings. The Bertz CT molecular complexity index is 416. The number of ketones is 1. The third-order valence-corrected chi connectivity index (χ3v) is 3.33. The maximum absolute atomic E-state index is 12.0. The molecule has 4 nitrogen and oxygen atoms in total. The zero-order chi connectivity index (χ0) is 11.5. The molecule has 2 unspecified atom stereocenters. The van der Waals surface area contributed by atoms with E-state index in [-0.39, 0.29) is 17.1 Å². The molecule has 0 fully saturated rings. The molecule has 0 aliphatic carbocycles. The van der Waals surface area contributed by atoms with Gasteiger partial charge in [-0.1, -0.05) is 6.08 Å². The number of methoxy groups -OCH3 is 1. The fourth-order valence-electron chi connectivity index (χ4n) is 1.49. The highest BCUT2D eigenvalue weighted by Crippen LogP contribution is 2.28. The average Bonchev–Trinajstić information content (AvgIpc) is 2.75. The van der Waals surface area contributed by atoms with Crippen molar-refractivity contribution in [1.82, 2.24) is 4.98 Å². The molecule has 1 aromatic heterocycles. The van der Waals surface area contributed by atoms with E-state index in [0.29, 0.717) is 11.4 Å². The number of carbonyl (C=O) groups excluding carboxylic acids is 1. The first-order chi connectivity index (χ1) is 7.72. The molecule has 16 heavy (non-hydrogen) atoms. The van der Waals surface area contributed by atoms with Gasteiger partial charge in [0.2, 0.25) is 5.88 Å². The van der Waals surface area contributed by atoms with E-state index in [2.05, 4.69) is 4.98 Å². The molecular formula is C11H12N2O2S. The topological polar surface area (TPSA) is 65.2 Å². The van der Waals surface area contributed by atoms with Gasteiger partial charge in [0.1, 0.15) is 0 Å². The summed E-state index contributed by atoms with van der Waals surface area (Å²) in [6.45, 7) is 0. The van der Waals surface area contributed by atoms with Crippen LogP contribution in [0.4, 0.5) is 0 Å². The molecule has 0 bridgehead atoms. The number of ether oxygens (including phenoxy) is 1. The minimum absolute atomic E-state index is 0.00361. The van der Waals surface area contributed by atoms with Crippen LogP contribution in [-0.2, 0) is 0 Å². The number of nitrogens with two attached hydrogens (primary N) is 1. The predicted molar refractivity (Wildman–Crippen MR) is 63.3 cm³/mol. The van der Waals surface area contributed by atoms with Crippen molar-refractivity contribution in [3.05, 3.63) is 35.4 Å². The Kier molecular flexibility index (Phi) is 3.26. The molecule has 2 N–H and O–H groups in total. The van der Waals surface area contributed by atoms with Crippen LogP contribution in [0.3, 0.4) is 0 Å². The minimum Gasteiger partial charge on any atom is -0.481 e. The smallest absolute Gasteiger partial charge is 0.212 e. The summed E-state index contributed by atoms with van der Waals surface area (Å²) in [6, 6.07) is 3.38. The van der Waals surface area contributed by atoms with Gasteiger partial charge < -0.3 is 10.5 Å². The number of pyridine rings is 1. The van der Waals surface area contributed by atoms with Crippen LogP contribution in [0.25, 0.3) is 0 Å². The van der Waals surface area contributed by atoms with Crippen LogP contribution < -0.4 is 10.5 Å². The number of rotatable bonds is 3. The van der Waals surface area contributed by atoms with Crippen LogP contribution in [-0.4, -0.2) is 23.3 Å². The molecule has 2 rings (SSSR count). The van der Waals surface area contributed by atoms with E-state index >= 15 is 0 Å². The summed E-state index contributed by atoms with van der Waals surface area (Å²) in [5.41, 5.74) is 6.37. The summed E-state index contributed by atoms with van der Waals surface area (Å²) in [5, 5.41) is 1.68. The number of hydrogen-bond acceptors (Lipinski definition) is 5. The molecule has 0 radical (unpaired) electrons. The zero-order valence-electron chi connectivity index (χ0n) is 8.79. The number of nitrogens with zero attached hydrogens (tertiary/aromatic N) is 1. The van der Waals surface area contributed by atoms with Crippen molar-refractivity contribution in [3.8, 4) is 5.88 Å². The molecule has 1 aliphatic heterocycles. The van der Waals surface area contributed by atoms with Crippen LogP contribution >= 0.6 is 11.8 Å². The summed E-state index contributed by atoms with van der Waals surface area (Å²) >= 11 is 1.47. The second-order valence-electron chi connectivity index (χ2n) is 3.41. The fourth-order valence-corrected chi connectivity index (χ4v) is 2.32. The highest BCUT2D eigenvalue weighted by Gasteiger charge is 2.27. The maximum Gasteiger partial charge on any atom is 0.212 e. The van der Waals surface area contributed by atoms with Gasteiger partial charge >= 0.3 is 0 Å². The molecule has 0 saturated carbocycles. The highest BCUT2D eigenvalue weighted by atomic mass is 32.2. The minimum atomic E-state index is -0.250. The zero-order valence-corrected chi connectivity index (χ0v) is 9.61. The Balaban J connectivity index is 2.17. The number of thioether (sulfide) groups is 1. The average molecular weight is 236 g/mol. The van der Waals surface area contributed by atoms with Gasteiger partial charge in [0.05, 0.1) is 18.4 Å². The molecule has 2 heterocycles. The Hall–Kier alpha value is -1.33.